The maximum atomic E-state index is 10.3. The maximum Gasteiger partial charge on any atom is 0.264 e. The monoisotopic (exact) mass is 225 g/mol. The lowest BCUT2D eigenvalue weighted by Gasteiger charge is -2.02. The van der Waals surface area contributed by atoms with Gasteiger partial charge in [-0.3, -0.25) is 4.55 Å². The number of aliphatic hydroxyl groups excluding tert-OH is 1. The third kappa shape index (κ3) is 11.8. The fourth-order valence-electron chi connectivity index (χ4n) is 1.04. The summed E-state index contributed by atoms with van der Waals surface area (Å²) in [6.07, 6.45) is 3.19. The van der Waals surface area contributed by atoms with E-state index in [4.69, 9.17) is 9.66 Å². The minimum Gasteiger partial charge on any atom is -0.396 e. The Morgan fingerprint density at radius 2 is 1.64 bits per heavy atom. The molecule has 0 aliphatic rings. The standard InChI is InChI=1S/C8H19NO4S/c10-7-3-1-2-5-9-6-4-8-14(11,12)13/h9-10H,1-8H2,(H,11,12,13). The van der Waals surface area contributed by atoms with Crippen LogP contribution in [-0.4, -0.2) is 43.5 Å². The molecule has 5 nitrogen and oxygen atoms in total. The lowest BCUT2D eigenvalue weighted by molar-refractivity contribution is 0.283. The first kappa shape index (κ1) is 13.8. The molecule has 0 saturated carbocycles. The predicted octanol–water partition coefficient (Wildman–Crippen LogP) is 0.0165. The van der Waals surface area contributed by atoms with Crippen LogP contribution in [0.1, 0.15) is 25.7 Å². The number of unbranched alkanes of at least 4 members (excludes halogenated alkanes) is 2. The van der Waals surface area contributed by atoms with E-state index in [0.29, 0.717) is 13.0 Å². The smallest absolute Gasteiger partial charge is 0.264 e. The molecule has 0 atom stereocenters. The highest BCUT2D eigenvalue weighted by atomic mass is 32.2. The summed E-state index contributed by atoms with van der Waals surface area (Å²) in [6.45, 7) is 1.65. The molecule has 0 amide bonds. The van der Waals surface area contributed by atoms with Crippen LogP contribution >= 0.6 is 0 Å². The van der Waals surface area contributed by atoms with Crippen molar-refractivity contribution in [2.45, 2.75) is 25.7 Å². The van der Waals surface area contributed by atoms with Crippen LogP contribution < -0.4 is 5.32 Å². The number of hydrogen-bond donors (Lipinski definition) is 3. The molecule has 0 radical (unpaired) electrons. The average Bonchev–Trinajstić information content (AvgIpc) is 2.08. The van der Waals surface area contributed by atoms with Gasteiger partial charge in [0.05, 0.1) is 5.75 Å². The third-order valence-electron chi connectivity index (χ3n) is 1.77. The molecule has 14 heavy (non-hydrogen) atoms. The van der Waals surface area contributed by atoms with Crippen LogP contribution in [0.3, 0.4) is 0 Å². The zero-order chi connectivity index (χ0) is 10.9. The Balaban J connectivity index is 3.07. The second-order valence-electron chi connectivity index (χ2n) is 3.17. The van der Waals surface area contributed by atoms with Gasteiger partial charge in [0.1, 0.15) is 0 Å². The summed E-state index contributed by atoms with van der Waals surface area (Å²) in [5.74, 6) is -0.184. The highest BCUT2D eigenvalue weighted by Crippen LogP contribution is 1.92. The largest absolute Gasteiger partial charge is 0.396 e. The van der Waals surface area contributed by atoms with E-state index in [-0.39, 0.29) is 12.4 Å². The zero-order valence-electron chi connectivity index (χ0n) is 8.28. The molecule has 86 valence electrons. The van der Waals surface area contributed by atoms with Crippen molar-refractivity contribution in [2.24, 2.45) is 0 Å². The summed E-state index contributed by atoms with van der Waals surface area (Å²) >= 11 is 0. The SMILES string of the molecule is O=S(=O)(O)CCCNCCCCCO. The number of aliphatic hydroxyl groups is 1. The van der Waals surface area contributed by atoms with Crippen molar-refractivity contribution in [3.05, 3.63) is 0 Å². The van der Waals surface area contributed by atoms with Gasteiger partial charge < -0.3 is 10.4 Å². The first-order valence-corrected chi connectivity index (χ1v) is 6.44. The Hall–Kier alpha value is -0.170. The Kier molecular flexibility index (Phi) is 8.07. The van der Waals surface area contributed by atoms with E-state index in [1.165, 1.54) is 0 Å². The molecular weight excluding hydrogens is 206 g/mol. The topological polar surface area (TPSA) is 86.6 Å². The molecule has 0 aliphatic carbocycles. The molecular formula is C8H19NO4S. The first-order chi connectivity index (χ1) is 6.56. The van der Waals surface area contributed by atoms with Crippen LogP contribution in [0.5, 0.6) is 0 Å². The van der Waals surface area contributed by atoms with Crippen molar-refractivity contribution in [3.8, 4) is 0 Å². The van der Waals surface area contributed by atoms with Crippen LogP contribution in [0.15, 0.2) is 0 Å². The van der Waals surface area contributed by atoms with E-state index < -0.39 is 10.1 Å². The normalized spacial score (nSPS) is 11.9. The third-order valence-corrected chi connectivity index (χ3v) is 2.57. The summed E-state index contributed by atoms with van der Waals surface area (Å²) in [5, 5.41) is 11.5. The van der Waals surface area contributed by atoms with Crippen LogP contribution in [-0.2, 0) is 10.1 Å². The Bertz CT molecular complexity index is 215. The molecule has 0 aromatic rings. The first-order valence-electron chi connectivity index (χ1n) is 4.83. The molecule has 0 bridgehead atoms. The van der Waals surface area contributed by atoms with Crippen molar-refractivity contribution in [3.63, 3.8) is 0 Å². The molecule has 0 spiro atoms. The van der Waals surface area contributed by atoms with E-state index in [1.54, 1.807) is 0 Å². The Morgan fingerprint density at radius 1 is 1.00 bits per heavy atom. The fraction of sp³-hybridized carbons (Fsp3) is 1.00. The van der Waals surface area contributed by atoms with Gasteiger partial charge in [-0.05, 0) is 38.8 Å². The maximum absolute atomic E-state index is 10.3. The number of nitrogens with one attached hydrogen (secondary N) is 1. The number of rotatable bonds is 9. The van der Waals surface area contributed by atoms with Gasteiger partial charge in [0, 0.05) is 6.61 Å². The molecule has 6 heteroatoms. The van der Waals surface area contributed by atoms with Gasteiger partial charge in [-0.25, -0.2) is 0 Å². The number of hydrogen-bond acceptors (Lipinski definition) is 4. The van der Waals surface area contributed by atoms with Crippen molar-refractivity contribution < 1.29 is 18.1 Å². The molecule has 0 aliphatic heterocycles. The van der Waals surface area contributed by atoms with Gasteiger partial charge in [-0.15, -0.1) is 0 Å². The highest BCUT2D eigenvalue weighted by Gasteiger charge is 2.02. The van der Waals surface area contributed by atoms with Gasteiger partial charge in [0.25, 0.3) is 10.1 Å². The quantitative estimate of drug-likeness (QED) is 0.380. The minimum absolute atomic E-state index is 0.184. The van der Waals surface area contributed by atoms with Crippen molar-refractivity contribution in [1.82, 2.24) is 5.32 Å². The molecule has 0 saturated heterocycles. The van der Waals surface area contributed by atoms with Crippen LogP contribution in [0.4, 0.5) is 0 Å². The van der Waals surface area contributed by atoms with E-state index in [2.05, 4.69) is 5.32 Å². The summed E-state index contributed by atoms with van der Waals surface area (Å²) in [5.41, 5.74) is 0. The second kappa shape index (κ2) is 8.16. The molecule has 0 aromatic carbocycles. The van der Waals surface area contributed by atoms with Gasteiger partial charge in [0.2, 0.25) is 0 Å². The highest BCUT2D eigenvalue weighted by molar-refractivity contribution is 7.85. The van der Waals surface area contributed by atoms with Gasteiger partial charge >= 0.3 is 0 Å². The van der Waals surface area contributed by atoms with E-state index in [1.807, 2.05) is 0 Å². The second-order valence-corrected chi connectivity index (χ2v) is 4.75. The lowest BCUT2D eigenvalue weighted by atomic mass is 10.2. The zero-order valence-corrected chi connectivity index (χ0v) is 9.09. The van der Waals surface area contributed by atoms with Crippen LogP contribution in [0.2, 0.25) is 0 Å². The van der Waals surface area contributed by atoms with Crippen LogP contribution in [0, 0.1) is 0 Å². The predicted molar refractivity (Wildman–Crippen MR) is 54.8 cm³/mol. The van der Waals surface area contributed by atoms with Gasteiger partial charge in [0.15, 0.2) is 0 Å². The molecule has 3 N–H and O–H groups in total. The lowest BCUT2D eigenvalue weighted by Crippen LogP contribution is -2.19. The molecule has 0 rings (SSSR count). The fourth-order valence-corrected chi connectivity index (χ4v) is 1.55. The van der Waals surface area contributed by atoms with Crippen molar-refractivity contribution >= 4 is 10.1 Å². The van der Waals surface area contributed by atoms with Gasteiger partial charge in [-0.1, -0.05) is 0 Å². The minimum atomic E-state index is -3.80. The Labute approximate surface area is 85.3 Å². The van der Waals surface area contributed by atoms with Crippen molar-refractivity contribution in [1.29, 1.82) is 0 Å². The summed E-state index contributed by atoms with van der Waals surface area (Å²) in [6, 6.07) is 0. The summed E-state index contributed by atoms with van der Waals surface area (Å²) < 4.78 is 29.0. The van der Waals surface area contributed by atoms with E-state index in [9.17, 15) is 8.42 Å². The average molecular weight is 225 g/mol. The molecule has 0 heterocycles. The summed E-state index contributed by atoms with van der Waals surface area (Å²) in [4.78, 5) is 0. The molecule has 0 fully saturated rings. The van der Waals surface area contributed by atoms with Crippen LogP contribution in [0.25, 0.3) is 0 Å². The van der Waals surface area contributed by atoms with E-state index >= 15 is 0 Å². The van der Waals surface area contributed by atoms with E-state index in [0.717, 1.165) is 25.8 Å². The molecule has 0 unspecified atom stereocenters. The van der Waals surface area contributed by atoms with Crippen molar-refractivity contribution in [2.75, 3.05) is 25.4 Å². The Morgan fingerprint density at radius 3 is 2.21 bits per heavy atom. The summed E-state index contributed by atoms with van der Waals surface area (Å²) in [7, 11) is -3.80. The van der Waals surface area contributed by atoms with Gasteiger partial charge in [-0.2, -0.15) is 8.42 Å². The molecule has 0 aromatic heterocycles.